The first kappa shape index (κ1) is 24.4. The minimum Gasteiger partial charge on any atom is -0.461 e. The van der Waals surface area contributed by atoms with Gasteiger partial charge in [0.05, 0.1) is 17.2 Å². The lowest BCUT2D eigenvalue weighted by molar-refractivity contribution is -0.134. The van der Waals surface area contributed by atoms with Crippen molar-refractivity contribution in [3.05, 3.63) is 88.8 Å². The molecule has 1 saturated heterocycles. The Bertz CT molecular complexity index is 1490. The van der Waals surface area contributed by atoms with Crippen molar-refractivity contribution in [2.75, 3.05) is 23.3 Å². The van der Waals surface area contributed by atoms with E-state index in [0.717, 1.165) is 16.8 Å². The molecule has 1 spiro atoms. The zero-order valence-corrected chi connectivity index (χ0v) is 22.3. The molecule has 3 aliphatic heterocycles. The standard InChI is InChI=1S/C28H23N3O5S2/c1-3-34-27(33)25-29-31(21-11-7-8-18(2)14-21)28(38-25)30(20-9-5-4-6-10-20)26(32)24(37-28)16-19-12-13-22-23(15-19)36-17-35-22/h4-16H,3,17H2,1-2H3/b24-16-. The van der Waals surface area contributed by atoms with Crippen LogP contribution in [-0.4, -0.2) is 34.6 Å². The van der Waals surface area contributed by atoms with Gasteiger partial charge in [0, 0.05) is 5.69 Å². The van der Waals surface area contributed by atoms with Crippen molar-refractivity contribution in [2.45, 2.75) is 18.2 Å². The number of ether oxygens (including phenoxy) is 3. The molecular weight excluding hydrogens is 522 g/mol. The molecule has 3 heterocycles. The summed E-state index contributed by atoms with van der Waals surface area (Å²) in [6.07, 6.45) is 1.83. The van der Waals surface area contributed by atoms with Crippen LogP contribution in [-0.2, 0) is 14.3 Å². The number of hydrazone groups is 1. The fraction of sp³-hybridized carbons (Fsp3) is 0.179. The summed E-state index contributed by atoms with van der Waals surface area (Å²) in [5.41, 5.74) is 3.26. The highest BCUT2D eigenvalue weighted by Gasteiger charge is 2.60. The Balaban J connectivity index is 1.49. The molecule has 0 saturated carbocycles. The summed E-state index contributed by atoms with van der Waals surface area (Å²) in [7, 11) is 0. The van der Waals surface area contributed by atoms with Crippen LogP contribution in [0.5, 0.6) is 11.5 Å². The van der Waals surface area contributed by atoms with E-state index in [1.165, 1.54) is 23.5 Å². The molecule has 1 fully saturated rings. The van der Waals surface area contributed by atoms with Crippen LogP contribution in [0.4, 0.5) is 11.4 Å². The Morgan fingerprint density at radius 3 is 2.61 bits per heavy atom. The number of para-hydroxylation sites is 1. The van der Waals surface area contributed by atoms with Crippen LogP contribution in [0, 0.1) is 6.92 Å². The van der Waals surface area contributed by atoms with Crippen molar-refractivity contribution in [1.82, 2.24) is 0 Å². The van der Waals surface area contributed by atoms with Gasteiger partial charge in [0.1, 0.15) is 0 Å². The largest absolute Gasteiger partial charge is 0.461 e. The maximum Gasteiger partial charge on any atom is 0.365 e. The van der Waals surface area contributed by atoms with Gasteiger partial charge in [-0.05, 0) is 79.2 Å². The van der Waals surface area contributed by atoms with E-state index in [9.17, 15) is 9.59 Å². The van der Waals surface area contributed by atoms with Gasteiger partial charge in [0.15, 0.2) is 11.5 Å². The summed E-state index contributed by atoms with van der Waals surface area (Å²) in [6, 6.07) is 22.8. The molecule has 3 aromatic rings. The van der Waals surface area contributed by atoms with Crippen molar-refractivity contribution < 1.29 is 23.8 Å². The topological polar surface area (TPSA) is 80.7 Å². The first-order chi connectivity index (χ1) is 18.5. The quantitative estimate of drug-likeness (QED) is 0.303. The highest BCUT2D eigenvalue weighted by Crippen LogP contribution is 2.59. The Labute approximate surface area is 228 Å². The van der Waals surface area contributed by atoms with Gasteiger partial charge in [-0.1, -0.05) is 48.2 Å². The molecule has 3 aromatic carbocycles. The Morgan fingerprint density at radius 1 is 1.03 bits per heavy atom. The number of benzene rings is 3. The van der Waals surface area contributed by atoms with Crippen molar-refractivity contribution in [3.63, 3.8) is 0 Å². The van der Waals surface area contributed by atoms with E-state index in [1.54, 1.807) is 16.8 Å². The van der Waals surface area contributed by atoms with Crippen LogP contribution < -0.4 is 19.4 Å². The molecule has 0 bridgehead atoms. The van der Waals surface area contributed by atoms with E-state index in [2.05, 4.69) is 0 Å². The lowest BCUT2D eigenvalue weighted by atomic mass is 10.2. The molecular formula is C28H23N3O5S2. The third-order valence-electron chi connectivity index (χ3n) is 6.03. The minimum atomic E-state index is -1.13. The monoisotopic (exact) mass is 545 g/mol. The Kier molecular flexibility index (Phi) is 6.29. The molecule has 192 valence electrons. The predicted molar refractivity (Wildman–Crippen MR) is 150 cm³/mol. The SMILES string of the molecule is CCOC(=O)C1=NN(c2cccc(C)c2)C2(S1)S/C(=C\c1ccc3c(c1)OCO3)C(=O)N2c1ccccc1. The minimum absolute atomic E-state index is 0.171. The van der Waals surface area contributed by atoms with Gasteiger partial charge in [0.2, 0.25) is 16.2 Å². The van der Waals surface area contributed by atoms with Gasteiger partial charge in [-0.3, -0.25) is 9.69 Å². The van der Waals surface area contributed by atoms with Gasteiger partial charge < -0.3 is 14.2 Å². The van der Waals surface area contributed by atoms with Gasteiger partial charge >= 0.3 is 5.97 Å². The van der Waals surface area contributed by atoms with Crippen molar-refractivity contribution >= 4 is 57.9 Å². The van der Waals surface area contributed by atoms with E-state index in [4.69, 9.17) is 19.3 Å². The normalized spacial score (nSPS) is 20.9. The smallest absolute Gasteiger partial charge is 0.365 e. The van der Waals surface area contributed by atoms with Crippen LogP contribution >= 0.6 is 23.5 Å². The number of thioether (sulfide) groups is 2. The van der Waals surface area contributed by atoms with Gasteiger partial charge in [-0.2, -0.15) is 5.10 Å². The molecule has 0 aliphatic carbocycles. The van der Waals surface area contributed by atoms with Crippen LogP contribution in [0.25, 0.3) is 6.08 Å². The van der Waals surface area contributed by atoms with E-state index in [1.807, 2.05) is 85.8 Å². The summed E-state index contributed by atoms with van der Waals surface area (Å²) in [6.45, 7) is 4.13. The van der Waals surface area contributed by atoms with E-state index in [0.29, 0.717) is 22.1 Å². The van der Waals surface area contributed by atoms with E-state index in [-0.39, 0.29) is 24.4 Å². The number of fused-ring (bicyclic) bond motifs is 1. The maximum atomic E-state index is 14.1. The summed E-state index contributed by atoms with van der Waals surface area (Å²) < 4.78 is 15.1. The van der Waals surface area contributed by atoms with Crippen molar-refractivity contribution in [1.29, 1.82) is 0 Å². The molecule has 8 nitrogen and oxygen atoms in total. The summed E-state index contributed by atoms with van der Waals surface area (Å²) >= 11 is 2.54. The average molecular weight is 546 g/mol. The highest BCUT2D eigenvalue weighted by molar-refractivity contribution is 8.29. The van der Waals surface area contributed by atoms with E-state index < -0.39 is 10.3 Å². The maximum absolute atomic E-state index is 14.1. The van der Waals surface area contributed by atoms with Crippen LogP contribution in [0.15, 0.2) is 82.8 Å². The van der Waals surface area contributed by atoms with Crippen molar-refractivity contribution in [3.8, 4) is 11.5 Å². The number of carbonyl (C=O) groups excluding carboxylic acids is 2. The summed E-state index contributed by atoms with van der Waals surface area (Å²) in [4.78, 5) is 29.2. The lowest BCUT2D eigenvalue weighted by Gasteiger charge is -2.38. The molecule has 38 heavy (non-hydrogen) atoms. The summed E-state index contributed by atoms with van der Waals surface area (Å²) in [5.74, 6) is 0.573. The predicted octanol–water partition coefficient (Wildman–Crippen LogP) is 5.59. The number of aryl methyl sites for hydroxylation is 1. The zero-order valence-electron chi connectivity index (χ0n) is 20.6. The van der Waals surface area contributed by atoms with E-state index >= 15 is 0 Å². The number of esters is 1. The fourth-order valence-electron chi connectivity index (χ4n) is 4.38. The van der Waals surface area contributed by atoms with Gasteiger partial charge in [0.25, 0.3) is 5.91 Å². The molecule has 10 heteroatoms. The van der Waals surface area contributed by atoms with Crippen LogP contribution in [0.2, 0.25) is 0 Å². The third kappa shape index (κ3) is 4.19. The van der Waals surface area contributed by atoms with Crippen molar-refractivity contribution in [2.24, 2.45) is 5.10 Å². The number of carbonyl (C=O) groups is 2. The van der Waals surface area contributed by atoms with Gasteiger partial charge in [-0.25, -0.2) is 9.80 Å². The van der Waals surface area contributed by atoms with Crippen LogP contribution in [0.1, 0.15) is 18.1 Å². The highest BCUT2D eigenvalue weighted by atomic mass is 32.2. The number of rotatable bonds is 5. The lowest BCUT2D eigenvalue weighted by Crippen LogP contribution is -2.51. The number of nitrogens with zero attached hydrogens (tertiary/aromatic N) is 3. The Hall–Kier alpha value is -3.89. The third-order valence-corrected chi connectivity index (χ3v) is 8.73. The first-order valence-electron chi connectivity index (χ1n) is 12.0. The molecule has 6 rings (SSSR count). The first-order valence-corrected chi connectivity index (χ1v) is 13.6. The molecule has 1 atom stereocenters. The molecule has 0 radical (unpaired) electrons. The molecule has 3 aliphatic rings. The number of hydrogen-bond donors (Lipinski definition) is 0. The number of anilines is 2. The second-order valence-electron chi connectivity index (χ2n) is 8.63. The fourth-order valence-corrected chi connectivity index (χ4v) is 7.25. The summed E-state index contributed by atoms with van der Waals surface area (Å²) in [5, 5.41) is 6.63. The number of amides is 1. The Morgan fingerprint density at radius 2 is 1.82 bits per heavy atom. The molecule has 0 N–H and O–H groups in total. The molecule has 1 amide bonds. The second-order valence-corrected chi connectivity index (χ2v) is 11.3. The zero-order chi connectivity index (χ0) is 26.3. The molecule has 1 unspecified atom stereocenters. The van der Waals surface area contributed by atoms with Crippen LogP contribution in [0.3, 0.4) is 0 Å². The van der Waals surface area contributed by atoms with Gasteiger partial charge in [-0.15, -0.1) is 0 Å². The second kappa shape index (κ2) is 9.77. The molecule has 0 aromatic heterocycles. The average Bonchev–Trinajstić information content (AvgIpc) is 3.61. The number of hydrogen-bond acceptors (Lipinski definition) is 9.